The third-order valence-electron chi connectivity index (χ3n) is 1.72. The molecule has 0 fully saturated rings. The number of hydrogen-bond donors (Lipinski definition) is 2. The molecule has 7 heteroatoms. The van der Waals surface area contributed by atoms with Gasteiger partial charge in [0.2, 0.25) is 5.91 Å². The van der Waals surface area contributed by atoms with E-state index in [0.717, 1.165) is 0 Å². The van der Waals surface area contributed by atoms with Crippen molar-refractivity contribution in [2.45, 2.75) is 6.42 Å². The summed E-state index contributed by atoms with van der Waals surface area (Å²) in [4.78, 5) is 25.6. The highest BCUT2D eigenvalue weighted by Crippen LogP contribution is 2.19. The molecule has 0 atom stereocenters. The lowest BCUT2D eigenvalue weighted by Crippen LogP contribution is -2.27. The van der Waals surface area contributed by atoms with E-state index in [9.17, 15) is 9.59 Å². The quantitative estimate of drug-likeness (QED) is 0.793. The van der Waals surface area contributed by atoms with Crippen molar-refractivity contribution in [3.05, 3.63) is 28.0 Å². The fraction of sp³-hybridized carbons (Fsp3) is 0.222. The molecule has 3 N–H and O–H groups in total. The molecule has 1 aromatic rings. The Morgan fingerprint density at radius 1 is 1.44 bits per heavy atom. The smallest absolute Gasteiger partial charge is 0.252 e. The van der Waals surface area contributed by atoms with E-state index < -0.39 is 5.91 Å². The fourth-order valence-corrected chi connectivity index (χ4v) is 1.22. The summed E-state index contributed by atoms with van der Waals surface area (Å²) in [5, 5.41) is 2.83. The normalized spacial score (nSPS) is 9.88. The number of nitrogens with zero attached hydrogens (tertiary/aromatic N) is 1. The van der Waals surface area contributed by atoms with Crippen molar-refractivity contribution >= 4 is 35.0 Å². The van der Waals surface area contributed by atoms with Gasteiger partial charge in [0.1, 0.15) is 5.15 Å². The van der Waals surface area contributed by atoms with Gasteiger partial charge in [0.15, 0.2) is 0 Å². The molecular weight excluding hydrogens is 253 g/mol. The van der Waals surface area contributed by atoms with Gasteiger partial charge < -0.3 is 11.1 Å². The predicted molar refractivity (Wildman–Crippen MR) is 60.4 cm³/mol. The minimum absolute atomic E-state index is 0.0838. The second-order valence-electron chi connectivity index (χ2n) is 2.97. The maximum Gasteiger partial charge on any atom is 0.252 e. The molecule has 0 saturated heterocycles. The van der Waals surface area contributed by atoms with Crippen LogP contribution in [0, 0.1) is 0 Å². The van der Waals surface area contributed by atoms with E-state index >= 15 is 0 Å². The summed E-state index contributed by atoms with van der Waals surface area (Å²) >= 11 is 11.3. The highest BCUT2D eigenvalue weighted by molar-refractivity contribution is 6.41. The number of nitrogens with one attached hydrogen (secondary N) is 1. The zero-order chi connectivity index (χ0) is 12.1. The third kappa shape index (κ3) is 3.67. The first-order chi connectivity index (χ1) is 7.50. The van der Waals surface area contributed by atoms with Crippen molar-refractivity contribution < 1.29 is 9.59 Å². The van der Waals surface area contributed by atoms with Crippen LogP contribution >= 0.6 is 23.2 Å². The van der Waals surface area contributed by atoms with Crippen LogP contribution in [0.1, 0.15) is 16.8 Å². The molecule has 5 nitrogen and oxygen atoms in total. The lowest BCUT2D eigenvalue weighted by molar-refractivity contribution is -0.117. The highest BCUT2D eigenvalue weighted by atomic mass is 35.5. The zero-order valence-electron chi connectivity index (χ0n) is 8.17. The number of nitrogens with two attached hydrogens (primary N) is 1. The molecule has 0 aliphatic rings. The number of rotatable bonds is 4. The monoisotopic (exact) mass is 261 g/mol. The van der Waals surface area contributed by atoms with Gasteiger partial charge in [-0.3, -0.25) is 9.59 Å². The van der Waals surface area contributed by atoms with Crippen LogP contribution in [-0.2, 0) is 4.79 Å². The first-order valence-electron chi connectivity index (χ1n) is 4.38. The zero-order valence-corrected chi connectivity index (χ0v) is 9.68. The maximum atomic E-state index is 11.5. The molecule has 0 aliphatic carbocycles. The summed E-state index contributed by atoms with van der Waals surface area (Å²) < 4.78 is 0. The summed E-state index contributed by atoms with van der Waals surface area (Å²) in [6.07, 6.45) is 1.38. The largest absolute Gasteiger partial charge is 0.370 e. The van der Waals surface area contributed by atoms with Gasteiger partial charge >= 0.3 is 0 Å². The number of halogens is 2. The Bertz CT molecular complexity index is 423. The SMILES string of the molecule is NC(=O)CCNC(=O)c1cnc(Cl)c(Cl)c1. The lowest BCUT2D eigenvalue weighted by atomic mass is 10.2. The summed E-state index contributed by atoms with van der Waals surface area (Å²) in [7, 11) is 0. The first-order valence-corrected chi connectivity index (χ1v) is 5.14. The first kappa shape index (κ1) is 12.7. The van der Waals surface area contributed by atoms with Crippen molar-refractivity contribution in [3.63, 3.8) is 0 Å². The van der Waals surface area contributed by atoms with E-state index in [1.165, 1.54) is 12.3 Å². The van der Waals surface area contributed by atoms with Gasteiger partial charge in [-0.15, -0.1) is 0 Å². The van der Waals surface area contributed by atoms with E-state index in [2.05, 4.69) is 10.3 Å². The van der Waals surface area contributed by atoms with E-state index in [-0.39, 0.29) is 34.6 Å². The van der Waals surface area contributed by atoms with Crippen molar-refractivity contribution in [3.8, 4) is 0 Å². The van der Waals surface area contributed by atoms with Gasteiger partial charge in [0, 0.05) is 19.2 Å². The lowest BCUT2D eigenvalue weighted by Gasteiger charge is -2.04. The Hall–Kier alpha value is -1.33. The minimum Gasteiger partial charge on any atom is -0.370 e. The third-order valence-corrected chi connectivity index (χ3v) is 2.40. The molecular formula is C9H9Cl2N3O2. The number of amides is 2. The molecule has 0 radical (unpaired) electrons. The second-order valence-corrected chi connectivity index (χ2v) is 3.73. The van der Waals surface area contributed by atoms with Crippen LogP contribution in [-0.4, -0.2) is 23.3 Å². The summed E-state index contributed by atoms with van der Waals surface area (Å²) in [5.41, 5.74) is 5.20. The molecule has 1 aromatic heterocycles. The van der Waals surface area contributed by atoms with Crippen LogP contribution < -0.4 is 11.1 Å². The second kappa shape index (κ2) is 5.67. The van der Waals surface area contributed by atoms with Crippen molar-refractivity contribution in [2.75, 3.05) is 6.54 Å². The Kier molecular flexibility index (Phi) is 4.52. The van der Waals surface area contributed by atoms with Gasteiger partial charge in [0.05, 0.1) is 10.6 Å². The van der Waals surface area contributed by atoms with Gasteiger partial charge in [-0.05, 0) is 6.07 Å². The van der Waals surface area contributed by atoms with Gasteiger partial charge in [-0.2, -0.15) is 0 Å². The minimum atomic E-state index is -0.479. The molecule has 1 rings (SSSR count). The van der Waals surface area contributed by atoms with Crippen molar-refractivity contribution in [1.29, 1.82) is 0 Å². The molecule has 2 amide bonds. The topological polar surface area (TPSA) is 85.1 Å². The summed E-state index contributed by atoms with van der Waals surface area (Å²) in [5.74, 6) is -0.861. The molecule has 0 aromatic carbocycles. The number of aromatic nitrogens is 1. The molecule has 0 saturated carbocycles. The van der Waals surface area contributed by atoms with E-state index in [0.29, 0.717) is 0 Å². The van der Waals surface area contributed by atoms with Crippen LogP contribution in [0.25, 0.3) is 0 Å². The molecule has 0 bridgehead atoms. The van der Waals surface area contributed by atoms with Gasteiger partial charge in [-0.1, -0.05) is 23.2 Å². The number of carbonyl (C=O) groups is 2. The highest BCUT2D eigenvalue weighted by Gasteiger charge is 2.08. The molecule has 0 aliphatic heterocycles. The van der Waals surface area contributed by atoms with Gasteiger partial charge in [0.25, 0.3) is 5.91 Å². The van der Waals surface area contributed by atoms with E-state index in [4.69, 9.17) is 28.9 Å². The average Bonchev–Trinajstić information content (AvgIpc) is 2.21. The standard InChI is InChI=1S/C9H9Cl2N3O2/c10-6-3-5(4-14-8(6)11)9(16)13-2-1-7(12)15/h3-4H,1-2H2,(H2,12,15)(H,13,16). The molecule has 86 valence electrons. The fourth-order valence-electron chi connectivity index (χ4n) is 0.947. The average molecular weight is 262 g/mol. The summed E-state index contributed by atoms with van der Waals surface area (Å²) in [6.45, 7) is 0.175. The molecule has 0 unspecified atom stereocenters. The summed E-state index contributed by atoms with van der Waals surface area (Å²) in [6, 6.07) is 1.40. The Labute approximate surface area is 102 Å². The van der Waals surface area contributed by atoms with Crippen LogP contribution in [0.5, 0.6) is 0 Å². The molecule has 16 heavy (non-hydrogen) atoms. The Morgan fingerprint density at radius 3 is 2.69 bits per heavy atom. The number of carbonyl (C=O) groups excluding carboxylic acids is 2. The Balaban J connectivity index is 2.59. The van der Waals surface area contributed by atoms with E-state index in [1.54, 1.807) is 0 Å². The number of hydrogen-bond acceptors (Lipinski definition) is 3. The molecule has 1 heterocycles. The number of pyridine rings is 1. The van der Waals surface area contributed by atoms with Crippen LogP contribution in [0.3, 0.4) is 0 Å². The predicted octanol–water partition coefficient (Wildman–Crippen LogP) is 0.994. The number of primary amides is 1. The van der Waals surface area contributed by atoms with E-state index in [1.807, 2.05) is 0 Å². The van der Waals surface area contributed by atoms with Crippen LogP contribution in [0.15, 0.2) is 12.3 Å². The van der Waals surface area contributed by atoms with Crippen molar-refractivity contribution in [2.24, 2.45) is 5.73 Å². The van der Waals surface area contributed by atoms with Crippen LogP contribution in [0.2, 0.25) is 10.2 Å². The van der Waals surface area contributed by atoms with Crippen molar-refractivity contribution in [1.82, 2.24) is 10.3 Å². The molecule has 0 spiro atoms. The van der Waals surface area contributed by atoms with Gasteiger partial charge in [-0.25, -0.2) is 4.98 Å². The Morgan fingerprint density at radius 2 is 2.12 bits per heavy atom. The van der Waals surface area contributed by atoms with Crippen LogP contribution in [0.4, 0.5) is 0 Å². The maximum absolute atomic E-state index is 11.5.